The Kier molecular flexibility index (Phi) is 7.38. The summed E-state index contributed by atoms with van der Waals surface area (Å²) in [6.45, 7) is 2.39. The predicted octanol–water partition coefficient (Wildman–Crippen LogP) is 4.97. The van der Waals surface area contributed by atoms with Gasteiger partial charge in [-0.15, -0.1) is 0 Å². The summed E-state index contributed by atoms with van der Waals surface area (Å²) in [5.74, 6) is 0.650. The zero-order valence-electron chi connectivity index (χ0n) is 17.1. The maximum absolute atomic E-state index is 13.8. The number of carbonyl (C=O) groups is 1. The number of benzene rings is 2. The first kappa shape index (κ1) is 21.3. The fourth-order valence-electron chi connectivity index (χ4n) is 3.02. The molecule has 0 aliphatic carbocycles. The number of hydrogen-bond donors (Lipinski definition) is 0. The fourth-order valence-corrected chi connectivity index (χ4v) is 3.02. The van der Waals surface area contributed by atoms with Gasteiger partial charge in [0.15, 0.2) is 0 Å². The molecule has 1 aromatic heterocycles. The fraction of sp³-hybridized carbons (Fsp3) is 0.250. The number of hydrogen-bond acceptors (Lipinski definition) is 5. The van der Waals surface area contributed by atoms with Gasteiger partial charge in [-0.05, 0) is 54.8 Å². The average Bonchev–Trinajstić information content (AvgIpc) is 2.77. The van der Waals surface area contributed by atoms with Gasteiger partial charge in [0.1, 0.15) is 18.2 Å². The molecule has 0 aliphatic heterocycles. The van der Waals surface area contributed by atoms with Crippen molar-refractivity contribution < 1.29 is 23.4 Å². The van der Waals surface area contributed by atoms with Crippen LogP contribution >= 0.6 is 0 Å². The molecule has 0 radical (unpaired) electrons. The molecule has 6 heteroatoms. The van der Waals surface area contributed by atoms with Crippen molar-refractivity contribution in [2.45, 2.75) is 26.4 Å². The first-order valence-corrected chi connectivity index (χ1v) is 9.75. The molecule has 3 rings (SSSR count). The number of methoxy groups -OCH3 is 1. The van der Waals surface area contributed by atoms with Gasteiger partial charge < -0.3 is 14.2 Å². The van der Waals surface area contributed by atoms with Crippen LogP contribution in [0.3, 0.4) is 0 Å². The maximum Gasteiger partial charge on any atom is 0.306 e. The van der Waals surface area contributed by atoms with Gasteiger partial charge in [-0.25, -0.2) is 9.37 Å². The summed E-state index contributed by atoms with van der Waals surface area (Å²) < 4.78 is 29.7. The third-order valence-corrected chi connectivity index (χ3v) is 4.56. The summed E-state index contributed by atoms with van der Waals surface area (Å²) in [5, 5.41) is 0. The third kappa shape index (κ3) is 5.80. The molecule has 0 spiro atoms. The van der Waals surface area contributed by atoms with Crippen LogP contribution < -0.4 is 9.47 Å². The first-order chi connectivity index (χ1) is 14.6. The lowest BCUT2D eigenvalue weighted by atomic mass is 10.0. The summed E-state index contributed by atoms with van der Waals surface area (Å²) in [6, 6.07) is 15.7. The summed E-state index contributed by atoms with van der Waals surface area (Å²) in [4.78, 5) is 15.7. The van der Waals surface area contributed by atoms with Crippen molar-refractivity contribution in [3.05, 3.63) is 77.7 Å². The lowest BCUT2D eigenvalue weighted by Crippen LogP contribution is -2.05. The molecule has 0 unspecified atom stereocenters. The van der Waals surface area contributed by atoms with Crippen molar-refractivity contribution in [3.63, 3.8) is 0 Å². The maximum atomic E-state index is 13.8. The van der Waals surface area contributed by atoms with Gasteiger partial charge >= 0.3 is 5.97 Å². The Balaban J connectivity index is 1.66. The Hall–Kier alpha value is -3.41. The number of nitrogens with zero attached hydrogens (tertiary/aromatic N) is 1. The molecule has 0 amide bonds. The highest BCUT2D eigenvalue weighted by Crippen LogP contribution is 2.26. The van der Waals surface area contributed by atoms with E-state index in [1.165, 1.54) is 12.1 Å². The van der Waals surface area contributed by atoms with Crippen molar-refractivity contribution in [1.29, 1.82) is 0 Å². The topological polar surface area (TPSA) is 57.7 Å². The molecular formula is C24H24FNO4. The van der Waals surface area contributed by atoms with Crippen molar-refractivity contribution >= 4 is 5.97 Å². The van der Waals surface area contributed by atoms with Crippen LogP contribution in [-0.2, 0) is 22.6 Å². The van der Waals surface area contributed by atoms with E-state index >= 15 is 0 Å². The molecule has 3 aromatic rings. The van der Waals surface area contributed by atoms with Crippen molar-refractivity contribution in [2.24, 2.45) is 0 Å². The SMILES string of the molecule is CCOC(=O)CCc1ccc(OCc2cc(F)ccc2-c2ccc(OC)nc2)cc1. The number of pyridine rings is 1. The van der Waals surface area contributed by atoms with Crippen LogP contribution in [0.25, 0.3) is 11.1 Å². The third-order valence-electron chi connectivity index (χ3n) is 4.56. The highest BCUT2D eigenvalue weighted by Gasteiger charge is 2.09. The molecule has 0 N–H and O–H groups in total. The number of carbonyl (C=O) groups excluding carboxylic acids is 1. The van der Waals surface area contributed by atoms with Crippen LogP contribution in [0.1, 0.15) is 24.5 Å². The Labute approximate surface area is 175 Å². The second kappa shape index (κ2) is 10.4. The summed E-state index contributed by atoms with van der Waals surface area (Å²) in [5.41, 5.74) is 3.43. The minimum absolute atomic E-state index is 0.204. The zero-order valence-corrected chi connectivity index (χ0v) is 17.1. The summed E-state index contributed by atoms with van der Waals surface area (Å²) in [7, 11) is 1.56. The number of halogens is 1. The summed E-state index contributed by atoms with van der Waals surface area (Å²) >= 11 is 0. The van der Waals surface area contributed by atoms with Gasteiger partial charge in [-0.2, -0.15) is 0 Å². The number of ether oxygens (including phenoxy) is 3. The molecule has 0 bridgehead atoms. The zero-order chi connectivity index (χ0) is 21.3. The van der Waals surface area contributed by atoms with Crippen LogP contribution in [0.2, 0.25) is 0 Å². The predicted molar refractivity (Wildman–Crippen MR) is 112 cm³/mol. The second-order valence-electron chi connectivity index (χ2n) is 6.63. The van der Waals surface area contributed by atoms with E-state index in [2.05, 4.69) is 4.98 Å². The van der Waals surface area contributed by atoms with E-state index in [0.717, 1.165) is 16.7 Å². The first-order valence-electron chi connectivity index (χ1n) is 9.75. The van der Waals surface area contributed by atoms with E-state index < -0.39 is 0 Å². The number of aromatic nitrogens is 1. The molecule has 0 saturated carbocycles. The highest BCUT2D eigenvalue weighted by molar-refractivity contribution is 5.69. The standard InChI is InChI=1S/C24H24FNO4/c1-3-29-24(27)13-6-17-4-9-21(10-5-17)30-16-19-14-20(25)8-11-22(19)18-7-12-23(28-2)26-15-18/h4-5,7-12,14-15H,3,6,13,16H2,1-2H3. The lowest BCUT2D eigenvalue weighted by molar-refractivity contribution is -0.143. The van der Waals surface area contributed by atoms with Crippen molar-refractivity contribution in [2.75, 3.05) is 13.7 Å². The Bertz CT molecular complexity index is 972. The van der Waals surface area contributed by atoms with Crippen molar-refractivity contribution in [3.8, 4) is 22.8 Å². The van der Waals surface area contributed by atoms with E-state index in [-0.39, 0.29) is 18.4 Å². The molecular weight excluding hydrogens is 385 g/mol. The Morgan fingerprint density at radius 2 is 1.87 bits per heavy atom. The van der Waals surface area contributed by atoms with Gasteiger partial charge in [0.05, 0.1) is 13.7 Å². The lowest BCUT2D eigenvalue weighted by Gasteiger charge is -2.12. The van der Waals surface area contributed by atoms with Crippen LogP contribution in [0.5, 0.6) is 11.6 Å². The summed E-state index contributed by atoms with van der Waals surface area (Å²) in [6.07, 6.45) is 2.64. The smallest absolute Gasteiger partial charge is 0.306 e. The van der Waals surface area contributed by atoms with Gasteiger partial charge in [0, 0.05) is 29.8 Å². The van der Waals surface area contributed by atoms with E-state index in [4.69, 9.17) is 14.2 Å². The molecule has 156 valence electrons. The van der Waals surface area contributed by atoms with Gasteiger partial charge in [0.2, 0.25) is 5.88 Å². The van der Waals surface area contributed by atoms with E-state index in [0.29, 0.717) is 36.6 Å². The van der Waals surface area contributed by atoms with Gasteiger partial charge in [0.25, 0.3) is 0 Å². The number of esters is 1. The van der Waals surface area contributed by atoms with Crippen LogP contribution in [-0.4, -0.2) is 24.7 Å². The molecule has 2 aromatic carbocycles. The van der Waals surface area contributed by atoms with E-state index in [1.54, 1.807) is 32.4 Å². The van der Waals surface area contributed by atoms with Crippen molar-refractivity contribution in [1.82, 2.24) is 4.98 Å². The monoisotopic (exact) mass is 409 g/mol. The molecule has 5 nitrogen and oxygen atoms in total. The van der Waals surface area contributed by atoms with E-state index in [1.807, 2.05) is 30.3 Å². The molecule has 30 heavy (non-hydrogen) atoms. The molecule has 0 saturated heterocycles. The highest BCUT2D eigenvalue weighted by atomic mass is 19.1. The van der Waals surface area contributed by atoms with Crippen LogP contribution in [0.4, 0.5) is 4.39 Å². The van der Waals surface area contributed by atoms with Crippen LogP contribution in [0, 0.1) is 5.82 Å². The minimum Gasteiger partial charge on any atom is -0.489 e. The largest absolute Gasteiger partial charge is 0.489 e. The van der Waals surface area contributed by atoms with Gasteiger partial charge in [-0.1, -0.05) is 18.2 Å². The molecule has 1 heterocycles. The quantitative estimate of drug-likeness (QED) is 0.467. The Morgan fingerprint density at radius 1 is 1.07 bits per heavy atom. The van der Waals surface area contributed by atoms with Crippen LogP contribution in [0.15, 0.2) is 60.8 Å². The molecule has 0 fully saturated rings. The number of aryl methyl sites for hydroxylation is 1. The Morgan fingerprint density at radius 3 is 2.53 bits per heavy atom. The average molecular weight is 409 g/mol. The number of rotatable bonds is 9. The molecule has 0 aliphatic rings. The molecule has 0 atom stereocenters. The second-order valence-corrected chi connectivity index (χ2v) is 6.63. The normalized spacial score (nSPS) is 10.5. The minimum atomic E-state index is -0.326. The van der Waals surface area contributed by atoms with E-state index in [9.17, 15) is 9.18 Å². The van der Waals surface area contributed by atoms with Gasteiger partial charge in [-0.3, -0.25) is 4.79 Å².